The standard InChI is InChI=1S/C16H18O/c1-10-6-11(2)15-8-14(13(4)17-5)9-16(15)12(3)7-10/h6-9H,4H2,1-3,5H3. The maximum atomic E-state index is 5.20. The van der Waals surface area contributed by atoms with E-state index in [0.717, 1.165) is 11.3 Å². The van der Waals surface area contributed by atoms with E-state index in [1.807, 2.05) is 0 Å². The smallest absolute Gasteiger partial charge is 0.118 e. The molecule has 0 saturated heterocycles. The van der Waals surface area contributed by atoms with Crippen molar-refractivity contribution in [2.75, 3.05) is 7.11 Å². The van der Waals surface area contributed by atoms with Gasteiger partial charge >= 0.3 is 0 Å². The summed E-state index contributed by atoms with van der Waals surface area (Å²) in [5, 5.41) is 0. The van der Waals surface area contributed by atoms with Crippen LogP contribution in [0.4, 0.5) is 0 Å². The summed E-state index contributed by atoms with van der Waals surface area (Å²) in [5.41, 5.74) is 7.51. The van der Waals surface area contributed by atoms with Gasteiger partial charge < -0.3 is 4.74 Å². The van der Waals surface area contributed by atoms with Crippen molar-refractivity contribution in [3.63, 3.8) is 0 Å². The van der Waals surface area contributed by atoms with Crippen LogP contribution >= 0.6 is 0 Å². The number of hydrogen-bond donors (Lipinski definition) is 0. The first-order chi connectivity index (χ1) is 8.02. The van der Waals surface area contributed by atoms with E-state index in [4.69, 9.17) is 4.74 Å². The Morgan fingerprint density at radius 3 is 1.82 bits per heavy atom. The highest BCUT2D eigenvalue weighted by atomic mass is 16.5. The summed E-state index contributed by atoms with van der Waals surface area (Å²) in [6, 6.07) is 8.75. The minimum atomic E-state index is 0.722. The molecule has 0 radical (unpaired) electrons. The maximum absolute atomic E-state index is 5.20. The molecular weight excluding hydrogens is 208 g/mol. The highest BCUT2D eigenvalue weighted by Crippen LogP contribution is 2.34. The van der Waals surface area contributed by atoms with Gasteiger partial charge in [-0.15, -0.1) is 0 Å². The maximum Gasteiger partial charge on any atom is 0.118 e. The van der Waals surface area contributed by atoms with Crippen LogP contribution < -0.4 is 0 Å². The molecule has 0 saturated carbocycles. The Labute approximate surface area is 103 Å². The third-order valence-corrected chi connectivity index (χ3v) is 3.20. The van der Waals surface area contributed by atoms with E-state index in [0.29, 0.717) is 0 Å². The molecule has 0 fully saturated rings. The van der Waals surface area contributed by atoms with Gasteiger partial charge in [-0.1, -0.05) is 24.3 Å². The predicted octanol–water partition coefficient (Wildman–Crippen LogP) is 4.33. The summed E-state index contributed by atoms with van der Waals surface area (Å²) < 4.78 is 5.20. The molecule has 0 spiro atoms. The number of ether oxygens (including phenoxy) is 1. The van der Waals surface area contributed by atoms with Gasteiger partial charge in [0.2, 0.25) is 0 Å². The third-order valence-electron chi connectivity index (χ3n) is 3.20. The fourth-order valence-corrected chi connectivity index (χ4v) is 2.32. The van der Waals surface area contributed by atoms with Crippen LogP contribution in [0.1, 0.15) is 22.3 Å². The Hall–Kier alpha value is -1.76. The molecule has 88 valence electrons. The van der Waals surface area contributed by atoms with Crippen LogP contribution in [0.2, 0.25) is 0 Å². The third kappa shape index (κ3) is 2.05. The molecule has 1 heteroatoms. The summed E-state index contributed by atoms with van der Waals surface area (Å²) >= 11 is 0. The van der Waals surface area contributed by atoms with Crippen LogP contribution in [0.3, 0.4) is 0 Å². The Morgan fingerprint density at radius 2 is 1.41 bits per heavy atom. The number of rotatable bonds is 2. The molecular formula is C16H18O. The zero-order valence-electron chi connectivity index (χ0n) is 10.9. The lowest BCUT2D eigenvalue weighted by Crippen LogP contribution is -1.79. The van der Waals surface area contributed by atoms with Gasteiger partial charge in [-0.25, -0.2) is 0 Å². The number of hydrogen-bond acceptors (Lipinski definition) is 1. The summed E-state index contributed by atoms with van der Waals surface area (Å²) in [6.07, 6.45) is 0. The van der Waals surface area contributed by atoms with E-state index in [9.17, 15) is 0 Å². The molecule has 0 aromatic carbocycles. The molecule has 1 nitrogen and oxygen atoms in total. The van der Waals surface area contributed by atoms with E-state index in [2.05, 4.69) is 51.6 Å². The second kappa shape index (κ2) is 4.25. The van der Waals surface area contributed by atoms with Crippen LogP contribution in [-0.2, 0) is 4.74 Å². The van der Waals surface area contributed by atoms with E-state index in [1.165, 1.54) is 27.8 Å². The number of methoxy groups -OCH3 is 1. The van der Waals surface area contributed by atoms with E-state index >= 15 is 0 Å². The van der Waals surface area contributed by atoms with E-state index < -0.39 is 0 Å². The molecule has 0 heterocycles. The average molecular weight is 226 g/mol. The molecule has 0 aliphatic heterocycles. The van der Waals surface area contributed by atoms with Gasteiger partial charge in [-0.3, -0.25) is 0 Å². The first kappa shape index (κ1) is 11.7. The molecule has 2 aliphatic carbocycles. The van der Waals surface area contributed by atoms with Crippen molar-refractivity contribution in [3.05, 3.63) is 53.1 Å². The Bertz CT molecular complexity index is 512. The Balaban J connectivity index is 2.72. The SMILES string of the molecule is C=C(OC)c1cc2c(C)cc(C)cc(C)c-2c1. The zero-order valence-corrected chi connectivity index (χ0v) is 10.9. The fourth-order valence-electron chi connectivity index (χ4n) is 2.32. The first-order valence-electron chi connectivity index (χ1n) is 5.78. The van der Waals surface area contributed by atoms with Crippen molar-refractivity contribution >= 4 is 5.76 Å². The Morgan fingerprint density at radius 1 is 0.941 bits per heavy atom. The minimum absolute atomic E-state index is 0.722. The van der Waals surface area contributed by atoms with Gasteiger partial charge in [0.1, 0.15) is 5.76 Å². The van der Waals surface area contributed by atoms with Crippen molar-refractivity contribution in [1.29, 1.82) is 0 Å². The largest absolute Gasteiger partial charge is 0.497 e. The van der Waals surface area contributed by atoms with Crippen LogP contribution in [0.25, 0.3) is 16.9 Å². The monoisotopic (exact) mass is 226 g/mol. The quantitative estimate of drug-likeness (QED) is 0.692. The Kier molecular flexibility index (Phi) is 2.93. The lowest BCUT2D eigenvalue weighted by molar-refractivity contribution is 0.371. The molecule has 0 N–H and O–H groups in total. The number of aryl methyl sites for hydroxylation is 3. The lowest BCUT2D eigenvalue weighted by Gasteiger charge is -1.98. The normalized spacial score (nSPS) is 10.6. The summed E-state index contributed by atoms with van der Waals surface area (Å²) in [4.78, 5) is 0. The summed E-state index contributed by atoms with van der Waals surface area (Å²) in [7, 11) is 1.66. The van der Waals surface area contributed by atoms with Gasteiger partial charge in [0.25, 0.3) is 0 Å². The van der Waals surface area contributed by atoms with Gasteiger partial charge in [0.05, 0.1) is 7.11 Å². The average Bonchev–Trinajstić information content (AvgIpc) is 2.68. The lowest BCUT2D eigenvalue weighted by atomic mass is 10.1. The molecule has 2 rings (SSSR count). The molecule has 0 aromatic heterocycles. The summed E-state index contributed by atoms with van der Waals surface area (Å²) in [5.74, 6) is 0.722. The predicted molar refractivity (Wildman–Crippen MR) is 73.3 cm³/mol. The van der Waals surface area contributed by atoms with Crippen molar-refractivity contribution in [1.82, 2.24) is 0 Å². The second-order valence-electron chi connectivity index (χ2n) is 4.60. The van der Waals surface area contributed by atoms with Crippen molar-refractivity contribution in [3.8, 4) is 11.1 Å². The van der Waals surface area contributed by atoms with Gasteiger partial charge in [0, 0.05) is 5.56 Å². The highest BCUT2D eigenvalue weighted by Gasteiger charge is 2.12. The molecule has 2 aliphatic rings. The highest BCUT2D eigenvalue weighted by molar-refractivity contribution is 5.80. The van der Waals surface area contributed by atoms with Crippen molar-refractivity contribution < 1.29 is 4.74 Å². The molecule has 0 unspecified atom stereocenters. The minimum Gasteiger partial charge on any atom is -0.497 e. The summed E-state index contributed by atoms with van der Waals surface area (Å²) in [6.45, 7) is 10.3. The first-order valence-corrected chi connectivity index (χ1v) is 5.78. The molecule has 17 heavy (non-hydrogen) atoms. The van der Waals surface area contributed by atoms with Gasteiger partial charge in [0.15, 0.2) is 0 Å². The van der Waals surface area contributed by atoms with Crippen LogP contribution in [0.15, 0.2) is 30.8 Å². The zero-order chi connectivity index (χ0) is 12.6. The number of fused-ring (bicyclic) bond motifs is 1. The van der Waals surface area contributed by atoms with Gasteiger partial charge in [-0.05, 0) is 55.2 Å². The molecule has 0 aromatic rings. The molecule has 0 bridgehead atoms. The van der Waals surface area contributed by atoms with Crippen LogP contribution in [0.5, 0.6) is 0 Å². The topological polar surface area (TPSA) is 9.23 Å². The van der Waals surface area contributed by atoms with Gasteiger partial charge in [-0.2, -0.15) is 0 Å². The fraction of sp³-hybridized carbons (Fsp3) is 0.250. The second-order valence-corrected chi connectivity index (χ2v) is 4.60. The van der Waals surface area contributed by atoms with Crippen LogP contribution in [0, 0.1) is 20.8 Å². The van der Waals surface area contributed by atoms with E-state index in [1.54, 1.807) is 7.11 Å². The molecule has 0 atom stereocenters. The van der Waals surface area contributed by atoms with Crippen LogP contribution in [-0.4, -0.2) is 7.11 Å². The van der Waals surface area contributed by atoms with Crippen molar-refractivity contribution in [2.45, 2.75) is 20.8 Å². The molecule has 0 amide bonds. The van der Waals surface area contributed by atoms with E-state index in [-0.39, 0.29) is 0 Å². The van der Waals surface area contributed by atoms with Crippen molar-refractivity contribution in [2.24, 2.45) is 0 Å².